The number of ether oxygens (including phenoxy) is 1. The zero-order valence-corrected chi connectivity index (χ0v) is 23.0. The van der Waals surface area contributed by atoms with Crippen molar-refractivity contribution in [3.05, 3.63) is 10.1 Å². The molecule has 0 aromatic rings. The largest absolute Gasteiger partial charge is 0.475 e. The SMILES string of the molecule is C.CC(C)C[C@H](NC(=O)[C@H](CCCN=C(N)N[N+](=O)[O-])CC(=O)C1CCN(C(=O)OC(C)(C)C)CC1)B(O)O. The molecule has 0 aliphatic carbocycles. The molecule has 0 aromatic heterocycles. The molecule has 14 nitrogen and oxygen atoms in total. The molecular weight excluding hydrogens is 511 g/mol. The number of hydrogen-bond donors (Lipinski definition) is 5. The topological polar surface area (TPSA) is 210 Å². The van der Waals surface area contributed by atoms with E-state index < -0.39 is 41.6 Å². The summed E-state index contributed by atoms with van der Waals surface area (Å²) in [5, 5.41) is 31.7. The molecule has 1 heterocycles. The summed E-state index contributed by atoms with van der Waals surface area (Å²) in [5.41, 5.74) is 6.53. The molecule has 0 radical (unpaired) electrons. The van der Waals surface area contributed by atoms with Crippen LogP contribution < -0.4 is 16.5 Å². The number of carbonyl (C=O) groups is 3. The zero-order chi connectivity index (χ0) is 29.0. The molecule has 2 amide bonds. The Kier molecular flexibility index (Phi) is 15.6. The normalized spacial score (nSPS) is 16.1. The van der Waals surface area contributed by atoms with Gasteiger partial charge in [0.1, 0.15) is 11.4 Å². The summed E-state index contributed by atoms with van der Waals surface area (Å²) in [7, 11) is -1.76. The van der Waals surface area contributed by atoms with Gasteiger partial charge in [0.15, 0.2) is 5.03 Å². The van der Waals surface area contributed by atoms with Crippen LogP contribution in [0.1, 0.15) is 80.6 Å². The number of nitrogens with zero attached hydrogens (tertiary/aromatic N) is 3. The van der Waals surface area contributed by atoms with Crippen molar-refractivity contribution < 1.29 is 34.2 Å². The van der Waals surface area contributed by atoms with Gasteiger partial charge in [-0.25, -0.2) is 19.9 Å². The molecular formula is C24H47BN6O8. The highest BCUT2D eigenvalue weighted by atomic mass is 16.7. The van der Waals surface area contributed by atoms with Crippen LogP contribution in [0, 0.1) is 27.9 Å². The molecule has 0 bridgehead atoms. The van der Waals surface area contributed by atoms with Gasteiger partial charge in [0.2, 0.25) is 5.91 Å². The van der Waals surface area contributed by atoms with E-state index in [2.05, 4.69) is 10.3 Å². The van der Waals surface area contributed by atoms with E-state index in [1.807, 2.05) is 13.8 Å². The van der Waals surface area contributed by atoms with Crippen molar-refractivity contribution in [2.45, 2.75) is 92.1 Å². The van der Waals surface area contributed by atoms with E-state index in [4.69, 9.17) is 10.5 Å². The summed E-state index contributed by atoms with van der Waals surface area (Å²) in [6.45, 7) is 9.95. The maximum Gasteiger partial charge on any atom is 0.475 e. The maximum absolute atomic E-state index is 13.1. The number of piperidine rings is 1. The summed E-state index contributed by atoms with van der Waals surface area (Å²) in [6.07, 6.45) is 1.30. The third-order valence-corrected chi connectivity index (χ3v) is 6.03. The zero-order valence-electron chi connectivity index (χ0n) is 23.0. The second-order valence-corrected chi connectivity index (χ2v) is 11.0. The number of amides is 2. The number of hydrazine groups is 1. The van der Waals surface area contributed by atoms with Gasteiger partial charge in [-0.2, -0.15) is 0 Å². The minimum atomic E-state index is -1.76. The fraction of sp³-hybridized carbons (Fsp3) is 0.833. The first kappa shape index (κ1) is 36.1. The standard InChI is InChI=1S/C23H43BN6O8.CH4/c1-15(2)13-19(24(34)35)27-20(32)17(7-6-10-26-21(25)28-30(36)37)14-18(31)16-8-11-29(12-9-16)22(33)38-23(3,4)5;/h15-17,19,34-35H,6-14H2,1-5H3,(H,27,32)(H3,25,26,28);1H4/t17-,19+;/m1./s1. The maximum atomic E-state index is 13.1. The monoisotopic (exact) mass is 558 g/mol. The third kappa shape index (κ3) is 14.7. The summed E-state index contributed by atoms with van der Waals surface area (Å²) in [4.78, 5) is 54.4. The first-order chi connectivity index (χ1) is 17.6. The van der Waals surface area contributed by atoms with Crippen LogP contribution in [0.5, 0.6) is 0 Å². The number of nitrogens with two attached hydrogens (primary N) is 1. The Morgan fingerprint density at radius 2 is 1.82 bits per heavy atom. The van der Waals surface area contributed by atoms with Crippen LogP contribution in [0.25, 0.3) is 0 Å². The number of rotatable bonds is 13. The number of guanidine groups is 1. The van der Waals surface area contributed by atoms with Crippen LogP contribution >= 0.6 is 0 Å². The molecule has 1 aliphatic heterocycles. The lowest BCUT2D eigenvalue weighted by molar-refractivity contribution is -0.525. The highest BCUT2D eigenvalue weighted by molar-refractivity contribution is 6.43. The summed E-state index contributed by atoms with van der Waals surface area (Å²) < 4.78 is 5.39. The van der Waals surface area contributed by atoms with Crippen LogP contribution in [0.4, 0.5) is 4.79 Å². The first-order valence-electron chi connectivity index (χ1n) is 13.0. The molecule has 2 atom stereocenters. The minimum absolute atomic E-state index is 0. The van der Waals surface area contributed by atoms with E-state index in [-0.39, 0.29) is 50.4 Å². The predicted octanol–water partition coefficient (Wildman–Crippen LogP) is 1.26. The Morgan fingerprint density at radius 1 is 1.23 bits per heavy atom. The molecule has 1 saturated heterocycles. The predicted molar refractivity (Wildman–Crippen MR) is 148 cm³/mol. The van der Waals surface area contributed by atoms with Gasteiger partial charge in [0.25, 0.3) is 5.96 Å². The molecule has 224 valence electrons. The molecule has 39 heavy (non-hydrogen) atoms. The van der Waals surface area contributed by atoms with Crippen molar-refractivity contribution in [1.82, 2.24) is 15.6 Å². The van der Waals surface area contributed by atoms with Gasteiger partial charge < -0.3 is 30.7 Å². The average molecular weight is 558 g/mol. The van der Waals surface area contributed by atoms with Crippen molar-refractivity contribution in [2.24, 2.45) is 28.5 Å². The number of carbonyl (C=O) groups excluding carboxylic acids is 3. The van der Waals surface area contributed by atoms with Crippen molar-refractivity contribution in [2.75, 3.05) is 19.6 Å². The Labute approximate surface area is 231 Å². The number of likely N-dealkylation sites (tertiary alicyclic amines) is 1. The average Bonchev–Trinajstić information content (AvgIpc) is 2.78. The van der Waals surface area contributed by atoms with Crippen molar-refractivity contribution >= 4 is 30.9 Å². The number of hydrogen-bond acceptors (Lipinski definition) is 9. The molecule has 15 heteroatoms. The minimum Gasteiger partial charge on any atom is -0.444 e. The molecule has 6 N–H and O–H groups in total. The number of nitrogens with one attached hydrogen (secondary N) is 2. The summed E-state index contributed by atoms with van der Waals surface area (Å²) >= 11 is 0. The molecule has 0 unspecified atom stereocenters. The lowest BCUT2D eigenvalue weighted by atomic mass is 9.74. The van der Waals surface area contributed by atoms with E-state index >= 15 is 0 Å². The van der Waals surface area contributed by atoms with E-state index in [1.54, 1.807) is 31.1 Å². The molecule has 0 aromatic carbocycles. The molecule has 1 fully saturated rings. The van der Waals surface area contributed by atoms with Crippen molar-refractivity contribution in [3.8, 4) is 0 Å². The Hall–Kier alpha value is -2.94. The fourth-order valence-corrected chi connectivity index (χ4v) is 4.18. The second kappa shape index (κ2) is 16.9. The fourth-order valence-electron chi connectivity index (χ4n) is 4.18. The molecule has 1 rings (SSSR count). The van der Waals surface area contributed by atoms with Crippen LogP contribution in [0.3, 0.4) is 0 Å². The molecule has 0 saturated carbocycles. The smallest absolute Gasteiger partial charge is 0.444 e. The van der Waals surface area contributed by atoms with Gasteiger partial charge in [0.05, 0.1) is 5.94 Å². The van der Waals surface area contributed by atoms with Crippen LogP contribution in [-0.2, 0) is 14.3 Å². The Bertz CT molecular complexity index is 841. The lowest BCUT2D eigenvalue weighted by Crippen LogP contribution is -2.49. The quantitative estimate of drug-likeness (QED) is 0.0545. The van der Waals surface area contributed by atoms with Crippen molar-refractivity contribution in [3.63, 3.8) is 0 Å². The first-order valence-corrected chi connectivity index (χ1v) is 13.0. The number of ketones is 1. The van der Waals surface area contributed by atoms with Crippen LogP contribution in [0.2, 0.25) is 0 Å². The Balaban J connectivity index is 0.0000144. The summed E-state index contributed by atoms with van der Waals surface area (Å²) in [6, 6.07) is 0. The van der Waals surface area contributed by atoms with Gasteiger partial charge in [-0.05, 0) is 58.8 Å². The van der Waals surface area contributed by atoms with E-state index in [9.17, 15) is 34.5 Å². The van der Waals surface area contributed by atoms with E-state index in [0.717, 1.165) is 0 Å². The van der Waals surface area contributed by atoms with E-state index in [1.165, 1.54) is 0 Å². The van der Waals surface area contributed by atoms with Crippen LogP contribution in [0.15, 0.2) is 4.99 Å². The number of nitro groups is 1. The third-order valence-electron chi connectivity index (χ3n) is 6.03. The van der Waals surface area contributed by atoms with Gasteiger partial charge in [-0.3, -0.25) is 9.59 Å². The highest BCUT2D eigenvalue weighted by Gasteiger charge is 2.34. The van der Waals surface area contributed by atoms with Crippen molar-refractivity contribution in [1.29, 1.82) is 0 Å². The van der Waals surface area contributed by atoms with E-state index in [0.29, 0.717) is 38.8 Å². The lowest BCUT2D eigenvalue weighted by Gasteiger charge is -2.33. The number of Topliss-reactive ketones (excluding diaryl/α,β-unsaturated/α-hetero) is 1. The molecule has 1 aliphatic rings. The molecule has 0 spiro atoms. The Morgan fingerprint density at radius 3 is 2.31 bits per heavy atom. The van der Waals surface area contributed by atoms with Crippen LogP contribution in [-0.4, -0.2) is 82.0 Å². The van der Waals surface area contributed by atoms with Gasteiger partial charge >= 0.3 is 13.2 Å². The van der Waals surface area contributed by atoms with Gasteiger partial charge in [0, 0.05) is 37.9 Å². The van der Waals surface area contributed by atoms with Gasteiger partial charge in [-0.1, -0.05) is 26.7 Å². The van der Waals surface area contributed by atoms with Gasteiger partial charge in [-0.15, -0.1) is 0 Å². The number of aliphatic imine (C=N–C) groups is 1. The summed E-state index contributed by atoms with van der Waals surface area (Å²) in [5.74, 6) is -2.86. The highest BCUT2D eigenvalue weighted by Crippen LogP contribution is 2.25. The second-order valence-electron chi connectivity index (χ2n) is 11.0.